The van der Waals surface area contributed by atoms with E-state index in [0.29, 0.717) is 11.8 Å². The summed E-state index contributed by atoms with van der Waals surface area (Å²) in [6.45, 7) is 8.23. The standard InChI is InChI=1S/C18H29NO3/c1-5-6-13-10-14(13)7-8-16(20)22-17-12(4)18(21)19-15(17)9-11(2)3/h7-8,11-15,17H,5-6,9-10H2,1-4H3,(H,19,21)/b8-7+/t12-,13+,14+,15+,17-/m1/s1. The molecule has 4 nitrogen and oxygen atoms in total. The van der Waals surface area contributed by atoms with Gasteiger partial charge in [-0.2, -0.15) is 0 Å². The summed E-state index contributed by atoms with van der Waals surface area (Å²) in [5.74, 6) is 1.14. The lowest BCUT2D eigenvalue weighted by atomic mass is 9.96. The lowest BCUT2D eigenvalue weighted by molar-refractivity contribution is -0.146. The van der Waals surface area contributed by atoms with Crippen molar-refractivity contribution in [3.63, 3.8) is 0 Å². The summed E-state index contributed by atoms with van der Waals surface area (Å²) in [6.07, 6.45) is 7.64. The van der Waals surface area contributed by atoms with Crippen LogP contribution in [0.2, 0.25) is 0 Å². The van der Waals surface area contributed by atoms with Gasteiger partial charge in [-0.15, -0.1) is 0 Å². The summed E-state index contributed by atoms with van der Waals surface area (Å²) in [6, 6.07) is -0.0615. The Kier molecular flexibility index (Phi) is 5.65. The predicted octanol–water partition coefficient (Wildman–Crippen LogP) is 3.07. The fraction of sp³-hybridized carbons (Fsp3) is 0.778. The van der Waals surface area contributed by atoms with Crippen molar-refractivity contribution in [2.45, 2.75) is 65.5 Å². The maximum absolute atomic E-state index is 12.0. The molecule has 0 spiro atoms. The van der Waals surface area contributed by atoms with Crippen molar-refractivity contribution in [3.05, 3.63) is 12.2 Å². The molecule has 0 aromatic heterocycles. The van der Waals surface area contributed by atoms with Crippen molar-refractivity contribution in [3.8, 4) is 0 Å². The van der Waals surface area contributed by atoms with E-state index in [4.69, 9.17) is 4.74 Å². The minimum Gasteiger partial charge on any atom is -0.456 e. The lowest BCUT2D eigenvalue weighted by Crippen LogP contribution is -2.36. The smallest absolute Gasteiger partial charge is 0.330 e. The number of rotatable bonds is 7. The number of hydrogen-bond acceptors (Lipinski definition) is 3. The molecule has 0 bridgehead atoms. The van der Waals surface area contributed by atoms with Crippen molar-refractivity contribution in [1.82, 2.24) is 5.32 Å². The molecule has 1 saturated carbocycles. The van der Waals surface area contributed by atoms with Gasteiger partial charge < -0.3 is 10.1 Å². The van der Waals surface area contributed by atoms with Crippen LogP contribution < -0.4 is 5.32 Å². The molecule has 1 amide bonds. The largest absolute Gasteiger partial charge is 0.456 e. The molecular weight excluding hydrogens is 278 g/mol. The third kappa shape index (κ3) is 4.34. The number of amides is 1. The second kappa shape index (κ2) is 7.30. The monoisotopic (exact) mass is 307 g/mol. The molecule has 2 aliphatic rings. The third-order valence-electron chi connectivity index (χ3n) is 4.72. The first-order valence-corrected chi connectivity index (χ1v) is 8.61. The normalized spacial score (nSPS) is 34.2. The fourth-order valence-electron chi connectivity index (χ4n) is 3.36. The summed E-state index contributed by atoms with van der Waals surface area (Å²) in [5.41, 5.74) is 0. The van der Waals surface area contributed by atoms with E-state index in [2.05, 4.69) is 26.1 Å². The predicted molar refractivity (Wildman–Crippen MR) is 86.1 cm³/mol. The van der Waals surface area contributed by atoms with Crippen molar-refractivity contribution in [2.75, 3.05) is 0 Å². The quantitative estimate of drug-likeness (QED) is 0.581. The Morgan fingerprint density at radius 1 is 1.45 bits per heavy atom. The van der Waals surface area contributed by atoms with E-state index in [1.165, 1.54) is 19.3 Å². The highest BCUT2D eigenvalue weighted by molar-refractivity contribution is 5.85. The first kappa shape index (κ1) is 17.0. The van der Waals surface area contributed by atoms with Crippen molar-refractivity contribution in [2.24, 2.45) is 23.7 Å². The summed E-state index contributed by atoms with van der Waals surface area (Å²) in [7, 11) is 0. The van der Waals surface area contributed by atoms with Gasteiger partial charge >= 0.3 is 5.97 Å². The van der Waals surface area contributed by atoms with Gasteiger partial charge in [-0.25, -0.2) is 4.79 Å². The SMILES string of the molecule is CCC[C@H]1C[C@@H]1/C=C/C(=O)O[C@H]1[C@H](CC(C)C)NC(=O)[C@@H]1C. The molecule has 0 aromatic rings. The summed E-state index contributed by atoms with van der Waals surface area (Å²) >= 11 is 0. The first-order valence-electron chi connectivity index (χ1n) is 8.61. The number of carbonyl (C=O) groups is 2. The van der Waals surface area contributed by atoms with E-state index in [1.54, 1.807) is 6.08 Å². The zero-order valence-corrected chi connectivity index (χ0v) is 14.2. The minimum absolute atomic E-state index is 0.0161. The lowest BCUT2D eigenvalue weighted by Gasteiger charge is -2.22. The molecule has 0 radical (unpaired) electrons. The molecule has 1 saturated heterocycles. The van der Waals surface area contributed by atoms with Crippen LogP contribution in [-0.2, 0) is 14.3 Å². The number of ether oxygens (including phenoxy) is 1. The molecule has 1 heterocycles. The number of nitrogens with one attached hydrogen (secondary N) is 1. The van der Waals surface area contributed by atoms with E-state index in [1.807, 2.05) is 13.0 Å². The number of carbonyl (C=O) groups excluding carboxylic acids is 2. The van der Waals surface area contributed by atoms with Gasteiger partial charge in [0.15, 0.2) is 0 Å². The highest BCUT2D eigenvalue weighted by Crippen LogP contribution is 2.42. The van der Waals surface area contributed by atoms with Gasteiger partial charge in [0, 0.05) is 6.08 Å². The molecule has 1 aliphatic heterocycles. The Labute approximate surface area is 133 Å². The molecule has 0 aromatic carbocycles. The number of allylic oxidation sites excluding steroid dienone is 1. The van der Waals surface area contributed by atoms with Gasteiger partial charge in [0.1, 0.15) is 6.10 Å². The van der Waals surface area contributed by atoms with Crippen LogP contribution in [0.15, 0.2) is 12.2 Å². The summed E-state index contributed by atoms with van der Waals surface area (Å²) in [4.78, 5) is 23.9. The van der Waals surface area contributed by atoms with Gasteiger partial charge in [-0.3, -0.25) is 4.79 Å². The van der Waals surface area contributed by atoms with Gasteiger partial charge in [-0.1, -0.05) is 39.7 Å². The van der Waals surface area contributed by atoms with E-state index in [9.17, 15) is 9.59 Å². The van der Waals surface area contributed by atoms with Gasteiger partial charge in [0.25, 0.3) is 0 Å². The molecule has 0 unspecified atom stereocenters. The van der Waals surface area contributed by atoms with Crippen LogP contribution in [0.1, 0.15) is 53.4 Å². The van der Waals surface area contributed by atoms with Crippen molar-refractivity contribution in [1.29, 1.82) is 0 Å². The molecule has 4 heteroatoms. The summed E-state index contributed by atoms with van der Waals surface area (Å²) < 4.78 is 5.57. The molecule has 124 valence electrons. The van der Waals surface area contributed by atoms with E-state index < -0.39 is 0 Å². The van der Waals surface area contributed by atoms with Gasteiger partial charge in [0.05, 0.1) is 12.0 Å². The van der Waals surface area contributed by atoms with Crippen LogP contribution in [0.4, 0.5) is 0 Å². The third-order valence-corrected chi connectivity index (χ3v) is 4.72. The second-order valence-corrected chi connectivity index (χ2v) is 7.24. The van der Waals surface area contributed by atoms with E-state index in [-0.39, 0.29) is 29.9 Å². The van der Waals surface area contributed by atoms with Crippen LogP contribution in [0.25, 0.3) is 0 Å². The Morgan fingerprint density at radius 2 is 2.18 bits per heavy atom. The molecule has 2 rings (SSSR count). The average molecular weight is 307 g/mol. The Hall–Kier alpha value is -1.32. The maximum atomic E-state index is 12.0. The van der Waals surface area contributed by atoms with Crippen LogP contribution in [0.5, 0.6) is 0 Å². The maximum Gasteiger partial charge on any atom is 0.330 e. The van der Waals surface area contributed by atoms with Crippen LogP contribution in [0.3, 0.4) is 0 Å². The number of hydrogen-bond donors (Lipinski definition) is 1. The van der Waals surface area contributed by atoms with Gasteiger partial charge in [0.2, 0.25) is 5.91 Å². The average Bonchev–Trinajstić information content (AvgIpc) is 3.13. The highest BCUT2D eigenvalue weighted by atomic mass is 16.5. The van der Waals surface area contributed by atoms with Gasteiger partial charge in [-0.05, 0) is 37.5 Å². The zero-order chi connectivity index (χ0) is 16.3. The topological polar surface area (TPSA) is 55.4 Å². The molecule has 2 fully saturated rings. The van der Waals surface area contributed by atoms with Crippen LogP contribution in [0, 0.1) is 23.7 Å². The van der Waals surface area contributed by atoms with Crippen molar-refractivity contribution < 1.29 is 14.3 Å². The minimum atomic E-state index is -0.349. The molecule has 1 aliphatic carbocycles. The fourth-order valence-corrected chi connectivity index (χ4v) is 3.36. The molecule has 22 heavy (non-hydrogen) atoms. The second-order valence-electron chi connectivity index (χ2n) is 7.24. The first-order chi connectivity index (χ1) is 10.4. The Balaban J connectivity index is 1.86. The van der Waals surface area contributed by atoms with Crippen molar-refractivity contribution >= 4 is 11.9 Å². The molecule has 5 atom stereocenters. The zero-order valence-electron chi connectivity index (χ0n) is 14.2. The van der Waals surface area contributed by atoms with E-state index in [0.717, 1.165) is 12.3 Å². The summed E-state index contributed by atoms with van der Waals surface area (Å²) in [5, 5.41) is 2.95. The highest BCUT2D eigenvalue weighted by Gasteiger charge is 2.42. The Morgan fingerprint density at radius 3 is 2.82 bits per heavy atom. The van der Waals surface area contributed by atoms with Crippen LogP contribution >= 0.6 is 0 Å². The Bertz CT molecular complexity index is 444. The van der Waals surface area contributed by atoms with Crippen LogP contribution in [-0.4, -0.2) is 24.0 Å². The van der Waals surface area contributed by atoms with E-state index >= 15 is 0 Å². The molecule has 1 N–H and O–H groups in total. The molecular formula is C18H29NO3. The number of esters is 1.